The van der Waals surface area contributed by atoms with Crippen molar-refractivity contribution < 1.29 is 66.2 Å². The SMILES string of the molecule is C=C(C)C(=O)OCOC(=O)COC(=O)N(C)CN(C)C(=O)OCC(=O)CCC1CCC(O)C(OP(=O)(OCCCC)OCCCC)C1. The van der Waals surface area contributed by atoms with Crippen LogP contribution in [0.1, 0.15) is 78.6 Å². The smallest absolute Gasteiger partial charge is 0.441 e. The number of carbonyl (C=O) groups excluding carboxylic acids is 5. The fourth-order valence-electron chi connectivity index (χ4n) is 4.14. The van der Waals surface area contributed by atoms with Crippen LogP contribution in [-0.4, -0.2) is 111 Å². The first kappa shape index (κ1) is 42.0. The predicted octanol–water partition coefficient (Wildman–Crippen LogP) is 4.34. The lowest BCUT2D eigenvalue weighted by Gasteiger charge is -2.34. The Labute approximate surface area is 276 Å². The van der Waals surface area contributed by atoms with Gasteiger partial charge in [-0.15, -0.1) is 0 Å². The number of unbranched alkanes of at least 4 members (excludes halogenated alkanes) is 2. The summed E-state index contributed by atoms with van der Waals surface area (Å²) >= 11 is 0. The van der Waals surface area contributed by atoms with E-state index in [4.69, 9.17) is 23.0 Å². The van der Waals surface area contributed by atoms with Gasteiger partial charge in [0.15, 0.2) is 19.0 Å². The van der Waals surface area contributed by atoms with Gasteiger partial charge in [-0.3, -0.25) is 28.2 Å². The van der Waals surface area contributed by atoms with Crippen LogP contribution in [0.3, 0.4) is 0 Å². The molecule has 1 aliphatic rings. The van der Waals surface area contributed by atoms with Gasteiger partial charge in [-0.1, -0.05) is 33.3 Å². The minimum atomic E-state index is -3.87. The van der Waals surface area contributed by atoms with Crippen LogP contribution in [0.5, 0.6) is 0 Å². The van der Waals surface area contributed by atoms with Crippen molar-refractivity contribution in [2.75, 3.05) is 54.0 Å². The number of carbonyl (C=O) groups is 5. The zero-order valence-corrected chi connectivity index (χ0v) is 29.0. The third kappa shape index (κ3) is 17.6. The standard InChI is InChI=1S/C30H51N2O14P/c1-7-9-15-44-47(39,45-16-10-8-2)46-26-17-23(12-14-25(26)34)11-13-24(33)18-40-29(37)31(5)20-32(6)30(38)41-19-27(35)42-21-43-28(36)22(3)4/h23,25-26,34H,3,7-21H2,1-2,4-6H3. The van der Waals surface area contributed by atoms with Crippen LogP contribution in [0, 0.1) is 5.92 Å². The highest BCUT2D eigenvalue weighted by Crippen LogP contribution is 2.53. The van der Waals surface area contributed by atoms with Crippen molar-refractivity contribution in [1.29, 1.82) is 0 Å². The lowest BCUT2D eigenvalue weighted by molar-refractivity contribution is -0.166. The average Bonchev–Trinajstić information content (AvgIpc) is 3.02. The number of ether oxygens (including phenoxy) is 4. The van der Waals surface area contributed by atoms with Crippen LogP contribution in [-0.2, 0) is 51.5 Å². The molecule has 3 unspecified atom stereocenters. The highest BCUT2D eigenvalue weighted by Gasteiger charge is 2.38. The average molecular weight is 695 g/mol. The maximum Gasteiger partial charge on any atom is 0.475 e. The summed E-state index contributed by atoms with van der Waals surface area (Å²) in [6.45, 7) is 6.97. The van der Waals surface area contributed by atoms with E-state index in [0.29, 0.717) is 38.5 Å². The minimum Gasteiger partial charge on any atom is -0.441 e. The van der Waals surface area contributed by atoms with Crippen molar-refractivity contribution in [3.8, 4) is 0 Å². The van der Waals surface area contributed by atoms with Crippen molar-refractivity contribution >= 4 is 37.7 Å². The zero-order valence-electron chi connectivity index (χ0n) is 28.1. The van der Waals surface area contributed by atoms with Gasteiger partial charge < -0.3 is 24.1 Å². The number of aliphatic hydroxyl groups is 1. The van der Waals surface area contributed by atoms with E-state index in [1.807, 2.05) is 13.8 Å². The van der Waals surface area contributed by atoms with Crippen LogP contribution in [0.15, 0.2) is 12.2 Å². The molecule has 1 rings (SSSR count). The summed E-state index contributed by atoms with van der Waals surface area (Å²) < 4.78 is 49.0. The molecule has 1 N–H and O–H groups in total. The Morgan fingerprint density at radius 3 is 2.00 bits per heavy atom. The second-order valence-electron chi connectivity index (χ2n) is 11.3. The van der Waals surface area contributed by atoms with Gasteiger partial charge in [0, 0.05) is 26.1 Å². The Balaban J connectivity index is 2.44. The molecule has 0 saturated heterocycles. The number of rotatable bonds is 22. The normalized spacial score (nSPS) is 17.7. The Morgan fingerprint density at radius 2 is 1.45 bits per heavy atom. The van der Waals surface area contributed by atoms with Gasteiger partial charge in [-0.05, 0) is 51.4 Å². The van der Waals surface area contributed by atoms with E-state index in [-0.39, 0.29) is 43.6 Å². The van der Waals surface area contributed by atoms with Gasteiger partial charge in [-0.25, -0.2) is 23.7 Å². The molecule has 1 saturated carbocycles. The Morgan fingerprint density at radius 1 is 0.872 bits per heavy atom. The van der Waals surface area contributed by atoms with E-state index in [1.54, 1.807) is 0 Å². The maximum atomic E-state index is 13.2. The minimum absolute atomic E-state index is 0.00578. The largest absolute Gasteiger partial charge is 0.475 e. The Hall–Kier alpha value is -3.04. The molecular formula is C30H51N2O14P. The van der Waals surface area contributed by atoms with Gasteiger partial charge in [0.1, 0.15) is 6.67 Å². The first-order valence-electron chi connectivity index (χ1n) is 15.7. The zero-order chi connectivity index (χ0) is 35.4. The lowest BCUT2D eigenvalue weighted by atomic mass is 9.82. The van der Waals surface area contributed by atoms with E-state index in [9.17, 15) is 33.6 Å². The summed E-state index contributed by atoms with van der Waals surface area (Å²) in [7, 11) is -1.23. The number of aliphatic hydroxyl groups excluding tert-OH is 1. The molecule has 0 aromatic heterocycles. The van der Waals surface area contributed by atoms with E-state index < -0.39 is 64.2 Å². The van der Waals surface area contributed by atoms with Crippen LogP contribution >= 0.6 is 7.82 Å². The molecule has 3 atom stereocenters. The van der Waals surface area contributed by atoms with Gasteiger partial charge in [-0.2, -0.15) is 0 Å². The molecule has 0 spiro atoms. The topological polar surface area (TPSA) is 194 Å². The van der Waals surface area contributed by atoms with Crippen molar-refractivity contribution in [3.63, 3.8) is 0 Å². The van der Waals surface area contributed by atoms with E-state index in [2.05, 4.69) is 16.1 Å². The van der Waals surface area contributed by atoms with Crippen LogP contribution in [0.4, 0.5) is 9.59 Å². The maximum absolute atomic E-state index is 13.2. The van der Waals surface area contributed by atoms with Gasteiger partial charge >= 0.3 is 31.9 Å². The molecule has 47 heavy (non-hydrogen) atoms. The number of hydrogen-bond acceptors (Lipinski definition) is 14. The van der Waals surface area contributed by atoms with E-state index in [1.165, 1.54) is 21.0 Å². The third-order valence-electron chi connectivity index (χ3n) is 6.93. The molecule has 0 bridgehead atoms. The number of nitrogens with zero attached hydrogens (tertiary/aromatic N) is 2. The second-order valence-corrected chi connectivity index (χ2v) is 12.9. The summed E-state index contributed by atoms with van der Waals surface area (Å²) in [4.78, 5) is 61.9. The molecule has 17 heteroatoms. The number of phosphoric acid groups is 1. The predicted molar refractivity (Wildman–Crippen MR) is 167 cm³/mol. The summed E-state index contributed by atoms with van der Waals surface area (Å²) in [6, 6.07) is 0. The second kappa shape index (κ2) is 22.5. The molecule has 2 amide bonds. The molecular weight excluding hydrogens is 643 g/mol. The number of Topliss-reactive ketones (excluding diaryl/α,β-unsaturated/α-hetero) is 1. The van der Waals surface area contributed by atoms with Crippen LogP contribution < -0.4 is 0 Å². The lowest BCUT2D eigenvalue weighted by Crippen LogP contribution is -2.41. The molecule has 270 valence electrons. The highest BCUT2D eigenvalue weighted by molar-refractivity contribution is 7.48. The van der Waals surface area contributed by atoms with Crippen LogP contribution in [0.2, 0.25) is 0 Å². The van der Waals surface area contributed by atoms with Crippen molar-refractivity contribution in [2.45, 2.75) is 90.8 Å². The third-order valence-corrected chi connectivity index (χ3v) is 8.46. The molecule has 1 fully saturated rings. The van der Waals surface area contributed by atoms with Gasteiger partial charge in [0.05, 0.1) is 25.4 Å². The number of esters is 2. The Bertz CT molecular complexity index is 1070. The molecule has 0 aromatic rings. The molecule has 0 aromatic carbocycles. The first-order chi connectivity index (χ1) is 22.2. The molecule has 16 nitrogen and oxygen atoms in total. The number of hydrogen-bond donors (Lipinski definition) is 1. The number of amides is 2. The molecule has 0 aliphatic heterocycles. The van der Waals surface area contributed by atoms with Crippen molar-refractivity contribution in [3.05, 3.63) is 12.2 Å². The van der Waals surface area contributed by atoms with E-state index in [0.717, 1.165) is 22.6 Å². The summed E-state index contributed by atoms with van der Waals surface area (Å²) in [5.41, 5.74) is 0.119. The monoisotopic (exact) mass is 694 g/mol. The summed E-state index contributed by atoms with van der Waals surface area (Å²) in [5.74, 6) is -2.05. The summed E-state index contributed by atoms with van der Waals surface area (Å²) in [6.07, 6.45) is 1.56. The van der Waals surface area contributed by atoms with Gasteiger partial charge in [0.2, 0.25) is 6.79 Å². The fourth-order valence-corrected chi connectivity index (χ4v) is 5.60. The molecule has 0 heterocycles. The molecule has 0 radical (unpaired) electrons. The molecule has 1 aliphatic carbocycles. The quantitative estimate of drug-likeness (QED) is 0.0420. The van der Waals surface area contributed by atoms with E-state index >= 15 is 0 Å². The Kier molecular flexibility index (Phi) is 20.1. The van der Waals surface area contributed by atoms with Crippen molar-refractivity contribution in [1.82, 2.24) is 9.80 Å². The summed E-state index contributed by atoms with van der Waals surface area (Å²) in [5, 5.41) is 10.5. The van der Waals surface area contributed by atoms with Crippen LogP contribution in [0.25, 0.3) is 0 Å². The number of phosphoric ester groups is 1. The fraction of sp³-hybridized carbons (Fsp3) is 0.767. The van der Waals surface area contributed by atoms with Crippen molar-refractivity contribution in [2.24, 2.45) is 5.92 Å². The highest BCUT2D eigenvalue weighted by atomic mass is 31.2. The number of ketones is 1. The first-order valence-corrected chi connectivity index (χ1v) is 17.2. The van der Waals surface area contributed by atoms with Gasteiger partial charge in [0.25, 0.3) is 0 Å².